The van der Waals surface area contributed by atoms with Gasteiger partial charge in [-0.1, -0.05) is 30.3 Å². The zero-order valence-corrected chi connectivity index (χ0v) is 17.6. The van der Waals surface area contributed by atoms with Crippen molar-refractivity contribution < 1.29 is 18.8 Å². The summed E-state index contributed by atoms with van der Waals surface area (Å²) in [4.78, 5) is 16.8. The summed E-state index contributed by atoms with van der Waals surface area (Å²) in [6.45, 7) is 4.39. The van der Waals surface area contributed by atoms with Crippen molar-refractivity contribution in [3.05, 3.63) is 89.7 Å². The van der Waals surface area contributed by atoms with E-state index >= 15 is 0 Å². The van der Waals surface area contributed by atoms with Crippen LogP contribution in [0.15, 0.2) is 72.8 Å². The number of rotatable bonds is 6. The Kier molecular flexibility index (Phi) is 6.48. The second-order valence-corrected chi connectivity index (χ2v) is 7.86. The first-order valence-corrected chi connectivity index (χ1v) is 10.5. The highest BCUT2D eigenvalue weighted by atomic mass is 19.1. The van der Waals surface area contributed by atoms with Gasteiger partial charge in [-0.2, -0.15) is 0 Å². The molecule has 0 spiro atoms. The van der Waals surface area contributed by atoms with Gasteiger partial charge in [0, 0.05) is 5.56 Å². The van der Waals surface area contributed by atoms with Gasteiger partial charge in [-0.3, -0.25) is 4.79 Å². The molecule has 1 fully saturated rings. The summed E-state index contributed by atoms with van der Waals surface area (Å²) in [5.74, 6) is 0.132. The normalized spacial score (nSPS) is 14.3. The molecule has 0 bridgehead atoms. The molecule has 6 heteroatoms. The van der Waals surface area contributed by atoms with E-state index in [1.807, 2.05) is 18.2 Å². The van der Waals surface area contributed by atoms with Crippen LogP contribution in [0.5, 0.6) is 5.75 Å². The molecule has 160 valence electrons. The van der Waals surface area contributed by atoms with Gasteiger partial charge in [0.05, 0.1) is 44.6 Å². The number of anilines is 2. The van der Waals surface area contributed by atoms with Crippen LogP contribution < -0.4 is 19.9 Å². The predicted octanol–water partition coefficient (Wildman–Crippen LogP) is 2.99. The van der Waals surface area contributed by atoms with Crippen molar-refractivity contribution in [2.75, 3.05) is 43.4 Å². The molecule has 1 aliphatic heterocycles. The Bertz CT molecular complexity index is 1030. The second kappa shape index (κ2) is 9.62. The van der Waals surface area contributed by atoms with E-state index in [0.717, 1.165) is 43.1 Å². The zero-order chi connectivity index (χ0) is 21.6. The van der Waals surface area contributed by atoms with Gasteiger partial charge in [0.15, 0.2) is 0 Å². The molecular formula is C25H27FN3O2+. The van der Waals surface area contributed by atoms with Crippen molar-refractivity contribution in [2.45, 2.75) is 6.61 Å². The fourth-order valence-corrected chi connectivity index (χ4v) is 3.65. The number of carbonyl (C=O) groups excluding carboxylic acids is 1. The number of benzene rings is 3. The maximum Gasteiger partial charge on any atom is 0.255 e. The number of quaternary nitrogens is 1. The molecule has 1 amide bonds. The number of hydrogen-bond donors (Lipinski definition) is 2. The van der Waals surface area contributed by atoms with Crippen LogP contribution in [0.2, 0.25) is 0 Å². The largest absolute Gasteiger partial charge is 0.489 e. The molecule has 0 unspecified atom stereocenters. The van der Waals surface area contributed by atoms with Gasteiger partial charge in [0.1, 0.15) is 18.2 Å². The quantitative estimate of drug-likeness (QED) is 0.645. The van der Waals surface area contributed by atoms with Crippen LogP contribution in [0, 0.1) is 5.82 Å². The number of amides is 1. The van der Waals surface area contributed by atoms with E-state index in [2.05, 4.69) is 23.3 Å². The summed E-state index contributed by atoms with van der Waals surface area (Å²) in [6.07, 6.45) is 0. The minimum absolute atomic E-state index is 0.181. The number of para-hydroxylation sites is 2. The molecule has 1 heterocycles. The van der Waals surface area contributed by atoms with Crippen molar-refractivity contribution in [3.63, 3.8) is 0 Å². The molecule has 31 heavy (non-hydrogen) atoms. The Morgan fingerprint density at radius 3 is 2.55 bits per heavy atom. The maximum atomic E-state index is 13.0. The summed E-state index contributed by atoms with van der Waals surface area (Å²) >= 11 is 0. The zero-order valence-electron chi connectivity index (χ0n) is 17.6. The molecule has 5 nitrogen and oxygen atoms in total. The molecule has 0 aromatic heterocycles. The average molecular weight is 421 g/mol. The fraction of sp³-hybridized carbons (Fsp3) is 0.240. The lowest BCUT2D eigenvalue weighted by Gasteiger charge is -2.33. The van der Waals surface area contributed by atoms with Crippen molar-refractivity contribution in [3.8, 4) is 5.75 Å². The van der Waals surface area contributed by atoms with Gasteiger partial charge in [0.2, 0.25) is 0 Å². The number of nitrogens with zero attached hydrogens (tertiary/aromatic N) is 1. The van der Waals surface area contributed by atoms with Gasteiger partial charge >= 0.3 is 0 Å². The summed E-state index contributed by atoms with van der Waals surface area (Å²) in [5.41, 5.74) is 3.24. The van der Waals surface area contributed by atoms with Crippen molar-refractivity contribution >= 4 is 17.3 Å². The van der Waals surface area contributed by atoms with E-state index in [-0.39, 0.29) is 11.7 Å². The molecule has 2 N–H and O–H groups in total. The standard InChI is InChI=1S/C25H26FN3O2/c1-28-13-15-29(16-14-28)24-8-3-2-7-23(24)27-25(30)20-5-4-6-22(17-20)31-18-19-9-11-21(26)12-10-19/h2-12,17H,13-16,18H2,1H3,(H,27,30)/p+1. The summed E-state index contributed by atoms with van der Waals surface area (Å²) < 4.78 is 18.8. The third-order valence-electron chi connectivity index (χ3n) is 5.52. The van der Waals surface area contributed by atoms with Crippen LogP contribution >= 0.6 is 0 Å². The molecule has 0 saturated carbocycles. The Hall–Kier alpha value is -3.38. The first kappa shape index (κ1) is 20.9. The lowest BCUT2D eigenvalue weighted by Crippen LogP contribution is -3.12. The first-order chi connectivity index (χ1) is 15.1. The molecule has 3 aromatic carbocycles. The molecule has 0 atom stereocenters. The van der Waals surface area contributed by atoms with E-state index in [1.165, 1.54) is 17.0 Å². The Morgan fingerprint density at radius 2 is 1.77 bits per heavy atom. The smallest absolute Gasteiger partial charge is 0.255 e. The van der Waals surface area contributed by atoms with E-state index in [4.69, 9.17) is 4.74 Å². The number of halogens is 1. The molecule has 0 radical (unpaired) electrons. The van der Waals surface area contributed by atoms with Crippen LogP contribution in [-0.4, -0.2) is 39.1 Å². The highest BCUT2D eigenvalue weighted by Gasteiger charge is 2.20. The average Bonchev–Trinajstić information content (AvgIpc) is 2.80. The third kappa shape index (κ3) is 5.41. The predicted molar refractivity (Wildman–Crippen MR) is 120 cm³/mol. The lowest BCUT2D eigenvalue weighted by molar-refractivity contribution is -0.880. The highest BCUT2D eigenvalue weighted by molar-refractivity contribution is 6.06. The number of carbonyl (C=O) groups is 1. The van der Waals surface area contributed by atoms with Gasteiger partial charge in [-0.25, -0.2) is 4.39 Å². The van der Waals surface area contributed by atoms with Crippen LogP contribution in [0.4, 0.5) is 15.8 Å². The molecule has 3 aromatic rings. The van der Waals surface area contributed by atoms with Crippen molar-refractivity contribution in [1.82, 2.24) is 0 Å². The Labute approximate surface area is 182 Å². The number of hydrogen-bond acceptors (Lipinski definition) is 3. The Balaban J connectivity index is 1.43. The van der Waals surface area contributed by atoms with Crippen molar-refractivity contribution in [2.24, 2.45) is 0 Å². The SMILES string of the molecule is C[NH+]1CCN(c2ccccc2NC(=O)c2cccc(OCc3ccc(F)cc3)c2)CC1. The molecule has 0 aliphatic carbocycles. The third-order valence-corrected chi connectivity index (χ3v) is 5.52. The van der Waals surface area contributed by atoms with Gasteiger partial charge in [-0.15, -0.1) is 0 Å². The van der Waals surface area contributed by atoms with E-state index in [1.54, 1.807) is 36.4 Å². The topological polar surface area (TPSA) is 46.0 Å². The summed E-state index contributed by atoms with van der Waals surface area (Å²) in [5, 5.41) is 3.06. The number of nitrogens with one attached hydrogen (secondary N) is 2. The molecule has 1 saturated heterocycles. The van der Waals surface area contributed by atoms with E-state index in [9.17, 15) is 9.18 Å². The second-order valence-electron chi connectivity index (χ2n) is 7.86. The lowest BCUT2D eigenvalue weighted by atomic mass is 10.1. The maximum absolute atomic E-state index is 13.0. The first-order valence-electron chi connectivity index (χ1n) is 10.5. The minimum atomic E-state index is -0.277. The van der Waals surface area contributed by atoms with E-state index < -0.39 is 0 Å². The van der Waals surface area contributed by atoms with Gasteiger partial charge in [0.25, 0.3) is 5.91 Å². The van der Waals surface area contributed by atoms with Crippen LogP contribution in [-0.2, 0) is 6.61 Å². The number of likely N-dealkylation sites (N-methyl/N-ethyl adjacent to an activating group) is 1. The number of piperazine rings is 1. The molecule has 4 rings (SSSR count). The highest BCUT2D eigenvalue weighted by Crippen LogP contribution is 2.26. The summed E-state index contributed by atoms with van der Waals surface area (Å²) in [6, 6.07) is 21.2. The van der Waals surface area contributed by atoms with E-state index in [0.29, 0.717) is 17.9 Å². The fourth-order valence-electron chi connectivity index (χ4n) is 3.65. The number of ether oxygens (including phenoxy) is 1. The van der Waals surface area contributed by atoms with Crippen LogP contribution in [0.25, 0.3) is 0 Å². The Morgan fingerprint density at radius 1 is 1.03 bits per heavy atom. The monoisotopic (exact) mass is 420 g/mol. The minimum Gasteiger partial charge on any atom is -0.489 e. The van der Waals surface area contributed by atoms with Crippen molar-refractivity contribution in [1.29, 1.82) is 0 Å². The van der Waals surface area contributed by atoms with Gasteiger partial charge < -0.3 is 19.9 Å². The molecule has 1 aliphatic rings. The van der Waals surface area contributed by atoms with Gasteiger partial charge in [-0.05, 0) is 48.0 Å². The molecular weight excluding hydrogens is 393 g/mol. The van der Waals surface area contributed by atoms with Crippen LogP contribution in [0.1, 0.15) is 15.9 Å². The summed E-state index contributed by atoms with van der Waals surface area (Å²) in [7, 11) is 2.20. The van der Waals surface area contributed by atoms with Crippen LogP contribution in [0.3, 0.4) is 0 Å².